The fourth-order valence-electron chi connectivity index (χ4n) is 4.34. The summed E-state index contributed by atoms with van der Waals surface area (Å²) in [7, 11) is 0. The largest absolute Gasteiger partial charge is 0.466 e. The highest BCUT2D eigenvalue weighted by Crippen LogP contribution is 2.42. The third-order valence-electron chi connectivity index (χ3n) is 6.23. The lowest BCUT2D eigenvalue weighted by molar-refractivity contribution is -0.156. The number of nitrogens with zero attached hydrogens (tertiary/aromatic N) is 4. The predicted molar refractivity (Wildman–Crippen MR) is 113 cm³/mol. The van der Waals surface area contributed by atoms with Crippen LogP contribution in [0, 0.1) is 11.3 Å². The monoisotopic (exact) mass is 398 g/mol. The smallest absolute Gasteiger partial charge is 0.314 e. The van der Waals surface area contributed by atoms with Gasteiger partial charge in [-0.3, -0.25) is 4.79 Å². The summed E-state index contributed by atoms with van der Waals surface area (Å²) in [5, 5.41) is 0. The van der Waals surface area contributed by atoms with Crippen LogP contribution in [0.15, 0.2) is 24.3 Å². The van der Waals surface area contributed by atoms with Crippen LogP contribution < -0.4 is 9.80 Å². The van der Waals surface area contributed by atoms with Crippen LogP contribution in [0.5, 0.6) is 0 Å². The molecule has 0 amide bonds. The lowest BCUT2D eigenvalue weighted by atomic mass is 9.76. The number of rotatable bonds is 5. The number of hydrogen-bond acceptors (Lipinski definition) is 7. The molecule has 1 atom stereocenters. The zero-order valence-corrected chi connectivity index (χ0v) is 17.6. The van der Waals surface area contributed by atoms with Gasteiger partial charge in [0.25, 0.3) is 0 Å². The van der Waals surface area contributed by atoms with Crippen LogP contribution in [0.25, 0.3) is 11.0 Å². The Hall–Kier alpha value is -2.41. The number of aromatic nitrogens is 2. The Kier molecular flexibility index (Phi) is 5.58. The van der Waals surface area contributed by atoms with Crippen LogP contribution in [0.4, 0.5) is 11.6 Å². The highest BCUT2D eigenvalue weighted by Gasteiger charge is 2.49. The molecule has 0 aliphatic carbocycles. The van der Waals surface area contributed by atoms with E-state index in [4.69, 9.17) is 19.4 Å². The van der Waals surface area contributed by atoms with E-state index in [2.05, 4.69) is 23.6 Å². The van der Waals surface area contributed by atoms with Crippen LogP contribution in [0.2, 0.25) is 0 Å². The molecule has 29 heavy (non-hydrogen) atoms. The van der Waals surface area contributed by atoms with E-state index in [1.165, 1.54) is 0 Å². The van der Waals surface area contributed by atoms with E-state index in [1.807, 2.05) is 31.2 Å². The maximum Gasteiger partial charge on any atom is 0.314 e. The number of esters is 1. The van der Waals surface area contributed by atoms with Gasteiger partial charge in [-0.2, -0.15) is 0 Å². The van der Waals surface area contributed by atoms with E-state index in [0.717, 1.165) is 48.7 Å². The van der Waals surface area contributed by atoms with Crippen molar-refractivity contribution in [3.63, 3.8) is 0 Å². The molecule has 2 aliphatic rings. The van der Waals surface area contributed by atoms with Crippen molar-refractivity contribution >= 4 is 28.6 Å². The summed E-state index contributed by atoms with van der Waals surface area (Å²) in [6.45, 7) is 10.8. The molecule has 2 fully saturated rings. The molecule has 1 aromatic carbocycles. The van der Waals surface area contributed by atoms with E-state index < -0.39 is 5.41 Å². The van der Waals surface area contributed by atoms with Gasteiger partial charge in [-0.25, -0.2) is 9.97 Å². The van der Waals surface area contributed by atoms with Gasteiger partial charge in [0.05, 0.1) is 36.3 Å². The number of hydrogen-bond donors (Lipinski definition) is 0. The van der Waals surface area contributed by atoms with Gasteiger partial charge < -0.3 is 19.3 Å². The van der Waals surface area contributed by atoms with Crippen molar-refractivity contribution in [3.8, 4) is 0 Å². The van der Waals surface area contributed by atoms with Crippen molar-refractivity contribution in [2.75, 3.05) is 55.8 Å². The molecule has 0 spiro atoms. The zero-order chi connectivity index (χ0) is 20.4. The number of morpholine rings is 1. The maximum absolute atomic E-state index is 12.9. The summed E-state index contributed by atoms with van der Waals surface area (Å²) in [4.78, 5) is 27.3. The summed E-state index contributed by atoms with van der Waals surface area (Å²) < 4.78 is 11.0. The topological polar surface area (TPSA) is 67.8 Å². The minimum Gasteiger partial charge on any atom is -0.466 e. The third-order valence-corrected chi connectivity index (χ3v) is 6.23. The highest BCUT2D eigenvalue weighted by molar-refractivity contribution is 5.83. The molecule has 7 nitrogen and oxygen atoms in total. The van der Waals surface area contributed by atoms with Crippen LogP contribution in [0.1, 0.15) is 27.2 Å². The molecule has 7 heteroatoms. The van der Waals surface area contributed by atoms with E-state index in [0.29, 0.717) is 26.4 Å². The first-order valence-electron chi connectivity index (χ1n) is 10.6. The Morgan fingerprint density at radius 1 is 1.10 bits per heavy atom. The van der Waals surface area contributed by atoms with Gasteiger partial charge in [0, 0.05) is 26.2 Å². The first kappa shape index (κ1) is 19.9. The number of anilines is 2. The fraction of sp³-hybridized carbons (Fsp3) is 0.591. The van der Waals surface area contributed by atoms with Gasteiger partial charge in [-0.05, 0) is 31.4 Å². The van der Waals surface area contributed by atoms with Crippen LogP contribution in [-0.4, -0.2) is 61.9 Å². The number of para-hydroxylation sites is 2. The second-order valence-corrected chi connectivity index (χ2v) is 8.16. The second-order valence-electron chi connectivity index (χ2n) is 8.16. The standard InChI is InChI=1S/C22H30N4O3/c1-4-29-21(27)22(16(2)3)9-10-26(15-22)20-19(25-11-13-28-14-12-25)23-17-7-5-6-8-18(17)24-20/h5-8,16H,4,9-15H2,1-3H3. The minimum absolute atomic E-state index is 0.0980. The molecule has 2 aromatic rings. The van der Waals surface area contributed by atoms with E-state index >= 15 is 0 Å². The van der Waals surface area contributed by atoms with Crippen molar-refractivity contribution in [2.24, 2.45) is 11.3 Å². The molecule has 2 aliphatic heterocycles. The molecule has 3 heterocycles. The highest BCUT2D eigenvalue weighted by atomic mass is 16.5. The van der Waals surface area contributed by atoms with Crippen molar-refractivity contribution in [1.29, 1.82) is 0 Å². The SMILES string of the molecule is CCOC(=O)C1(C(C)C)CCN(c2nc3ccccc3nc2N2CCOCC2)C1. The maximum atomic E-state index is 12.9. The lowest BCUT2D eigenvalue weighted by Gasteiger charge is -2.33. The van der Waals surface area contributed by atoms with E-state index in [1.54, 1.807) is 0 Å². The summed E-state index contributed by atoms with van der Waals surface area (Å²) >= 11 is 0. The molecule has 4 rings (SSSR count). The molecule has 0 radical (unpaired) electrons. The minimum atomic E-state index is -0.508. The quantitative estimate of drug-likeness (QED) is 0.718. The Balaban J connectivity index is 1.73. The van der Waals surface area contributed by atoms with Crippen molar-refractivity contribution in [1.82, 2.24) is 9.97 Å². The first-order valence-corrected chi connectivity index (χ1v) is 10.6. The molecule has 156 valence electrons. The molecule has 0 N–H and O–H groups in total. The zero-order valence-electron chi connectivity index (χ0n) is 17.6. The average molecular weight is 399 g/mol. The molecule has 1 aromatic heterocycles. The van der Waals surface area contributed by atoms with Gasteiger partial charge >= 0.3 is 5.97 Å². The van der Waals surface area contributed by atoms with Gasteiger partial charge in [0.15, 0.2) is 11.6 Å². The van der Waals surface area contributed by atoms with Gasteiger partial charge in [0.1, 0.15) is 0 Å². The second kappa shape index (κ2) is 8.14. The first-order chi connectivity index (χ1) is 14.0. The number of benzene rings is 1. The van der Waals surface area contributed by atoms with Gasteiger partial charge in [0.2, 0.25) is 0 Å². The van der Waals surface area contributed by atoms with Crippen molar-refractivity contribution in [2.45, 2.75) is 27.2 Å². The summed E-state index contributed by atoms with van der Waals surface area (Å²) in [6, 6.07) is 7.96. The Labute approximate surface area is 172 Å². The van der Waals surface area contributed by atoms with Gasteiger partial charge in [-0.15, -0.1) is 0 Å². The average Bonchev–Trinajstić information content (AvgIpc) is 3.20. The van der Waals surface area contributed by atoms with Crippen LogP contribution in [0.3, 0.4) is 0 Å². The molecule has 1 unspecified atom stereocenters. The predicted octanol–water partition coefficient (Wildman–Crippen LogP) is 2.88. The third kappa shape index (κ3) is 3.64. The number of carbonyl (C=O) groups excluding carboxylic acids is 1. The summed E-state index contributed by atoms with van der Waals surface area (Å²) in [6.07, 6.45) is 0.764. The Bertz CT molecular complexity index is 881. The Morgan fingerprint density at radius 2 is 1.72 bits per heavy atom. The Morgan fingerprint density at radius 3 is 2.31 bits per heavy atom. The van der Waals surface area contributed by atoms with Crippen molar-refractivity contribution < 1.29 is 14.3 Å². The lowest BCUT2D eigenvalue weighted by Crippen LogP contribution is -2.42. The normalized spacial score (nSPS) is 22.5. The van der Waals surface area contributed by atoms with Crippen LogP contribution >= 0.6 is 0 Å². The van der Waals surface area contributed by atoms with E-state index in [9.17, 15) is 4.79 Å². The number of ether oxygens (including phenoxy) is 2. The molecular formula is C22H30N4O3. The molecule has 0 bridgehead atoms. The van der Waals surface area contributed by atoms with Crippen molar-refractivity contribution in [3.05, 3.63) is 24.3 Å². The molecular weight excluding hydrogens is 368 g/mol. The van der Waals surface area contributed by atoms with Gasteiger partial charge in [-0.1, -0.05) is 26.0 Å². The van der Waals surface area contributed by atoms with Crippen LogP contribution in [-0.2, 0) is 14.3 Å². The van der Waals surface area contributed by atoms with E-state index in [-0.39, 0.29) is 11.9 Å². The number of fused-ring (bicyclic) bond motifs is 1. The summed E-state index contributed by atoms with van der Waals surface area (Å²) in [5.74, 6) is 1.83. The fourth-order valence-corrected chi connectivity index (χ4v) is 4.34. The molecule has 2 saturated heterocycles. The summed E-state index contributed by atoms with van der Waals surface area (Å²) in [5.41, 5.74) is 1.25. The number of carbonyl (C=O) groups is 1. The molecule has 0 saturated carbocycles.